The van der Waals surface area contributed by atoms with Crippen LogP contribution in [0.5, 0.6) is 0 Å². The molecule has 1 aliphatic carbocycles. The Balaban J connectivity index is 1.49. The normalized spacial score (nSPS) is 20.0. The molecule has 21 heavy (non-hydrogen) atoms. The summed E-state index contributed by atoms with van der Waals surface area (Å²) in [5, 5.41) is 2.42. The summed E-state index contributed by atoms with van der Waals surface area (Å²) >= 11 is 0. The maximum atomic E-state index is 13.4. The van der Waals surface area contributed by atoms with Gasteiger partial charge >= 0.3 is 0 Å². The molecule has 5 nitrogen and oxygen atoms in total. The van der Waals surface area contributed by atoms with Crippen molar-refractivity contribution in [1.82, 2.24) is 9.62 Å². The van der Waals surface area contributed by atoms with Crippen molar-refractivity contribution in [2.45, 2.75) is 24.6 Å². The molecule has 3 rings (SSSR count). The largest absolute Gasteiger partial charge is 0.352 e. The molecule has 0 radical (unpaired) electrons. The van der Waals surface area contributed by atoms with E-state index in [1.165, 1.54) is 10.4 Å². The third-order valence-electron chi connectivity index (χ3n) is 3.94. The summed E-state index contributed by atoms with van der Waals surface area (Å²) in [6, 6.07) is 6.25. The van der Waals surface area contributed by atoms with E-state index in [-0.39, 0.29) is 42.5 Å². The minimum absolute atomic E-state index is 0.122. The Labute approximate surface area is 123 Å². The van der Waals surface area contributed by atoms with Crippen molar-refractivity contribution in [3.05, 3.63) is 35.6 Å². The van der Waals surface area contributed by atoms with Crippen LogP contribution in [0, 0.1) is 11.7 Å². The molecule has 1 aliphatic heterocycles. The number of benzene rings is 1. The van der Waals surface area contributed by atoms with Crippen LogP contribution < -0.4 is 5.32 Å². The summed E-state index contributed by atoms with van der Waals surface area (Å²) in [4.78, 5) is 11.9. The fourth-order valence-corrected chi connectivity index (χ4v) is 4.29. The molecular formula is C14H17FN2O3S. The van der Waals surface area contributed by atoms with Gasteiger partial charge in [0.05, 0.1) is 11.2 Å². The number of hydrogen-bond acceptors (Lipinski definition) is 3. The molecule has 7 heteroatoms. The summed E-state index contributed by atoms with van der Waals surface area (Å²) in [6.45, 7) is 0.598. The summed E-state index contributed by atoms with van der Waals surface area (Å²) < 4.78 is 38.6. The number of nitrogens with one attached hydrogen (secondary N) is 1. The van der Waals surface area contributed by atoms with Crippen LogP contribution in [-0.2, 0) is 21.4 Å². The van der Waals surface area contributed by atoms with Gasteiger partial charge < -0.3 is 5.32 Å². The second-order valence-electron chi connectivity index (χ2n) is 5.57. The highest BCUT2D eigenvalue weighted by atomic mass is 32.2. The van der Waals surface area contributed by atoms with Gasteiger partial charge in [-0.3, -0.25) is 4.79 Å². The molecule has 0 aromatic heterocycles. The van der Waals surface area contributed by atoms with Crippen LogP contribution in [0.1, 0.15) is 18.4 Å². The van der Waals surface area contributed by atoms with Gasteiger partial charge in [0.25, 0.3) is 0 Å². The fraction of sp³-hybridized carbons (Fsp3) is 0.500. The van der Waals surface area contributed by atoms with Gasteiger partial charge in [-0.15, -0.1) is 0 Å². The first-order valence-electron chi connectivity index (χ1n) is 6.98. The van der Waals surface area contributed by atoms with Crippen molar-refractivity contribution in [3.8, 4) is 0 Å². The second kappa shape index (κ2) is 5.38. The molecule has 0 atom stereocenters. The quantitative estimate of drug-likeness (QED) is 0.877. The first-order chi connectivity index (χ1) is 9.98. The highest BCUT2D eigenvalue weighted by Gasteiger charge is 2.46. The van der Waals surface area contributed by atoms with E-state index in [0.717, 1.165) is 12.8 Å². The van der Waals surface area contributed by atoms with Gasteiger partial charge in [0.15, 0.2) is 0 Å². The summed E-state index contributed by atoms with van der Waals surface area (Å²) in [5.41, 5.74) is 0.424. The molecule has 1 aromatic rings. The number of amides is 1. The number of rotatable bonds is 5. The van der Waals surface area contributed by atoms with Gasteiger partial charge in [0, 0.05) is 25.2 Å². The van der Waals surface area contributed by atoms with E-state index in [9.17, 15) is 17.6 Å². The predicted octanol–water partition coefficient (Wildman–Crippen LogP) is 0.866. The van der Waals surface area contributed by atoms with Crippen molar-refractivity contribution in [3.63, 3.8) is 0 Å². The minimum atomic E-state index is -3.18. The molecule has 1 amide bonds. The van der Waals surface area contributed by atoms with Crippen LogP contribution in [0.15, 0.2) is 24.3 Å². The standard InChI is InChI=1S/C14H17FN2O3S/c15-13-4-2-1-3-10(13)7-16-14(18)11-8-17(9-11)21(19,20)12-5-6-12/h1-4,11-12H,5-9H2,(H,16,18). The smallest absolute Gasteiger partial charge is 0.226 e. The molecular weight excluding hydrogens is 295 g/mol. The van der Waals surface area contributed by atoms with E-state index in [2.05, 4.69) is 5.32 Å². The lowest BCUT2D eigenvalue weighted by Crippen LogP contribution is -2.56. The number of nitrogens with zero attached hydrogens (tertiary/aromatic N) is 1. The van der Waals surface area contributed by atoms with Crippen LogP contribution >= 0.6 is 0 Å². The van der Waals surface area contributed by atoms with Crippen molar-refractivity contribution in [1.29, 1.82) is 0 Å². The zero-order valence-electron chi connectivity index (χ0n) is 11.5. The van der Waals surface area contributed by atoms with Crippen molar-refractivity contribution >= 4 is 15.9 Å². The first kappa shape index (κ1) is 14.5. The third-order valence-corrected chi connectivity index (χ3v) is 6.27. The Kier molecular flexibility index (Phi) is 3.71. The third kappa shape index (κ3) is 2.94. The maximum Gasteiger partial charge on any atom is 0.226 e. The number of halogens is 1. The molecule has 0 bridgehead atoms. The molecule has 1 saturated heterocycles. The van der Waals surface area contributed by atoms with Crippen molar-refractivity contribution < 1.29 is 17.6 Å². The summed E-state index contributed by atoms with van der Waals surface area (Å²) in [5.74, 6) is -0.907. The molecule has 1 aromatic carbocycles. The fourth-order valence-electron chi connectivity index (χ4n) is 2.36. The molecule has 114 valence electrons. The molecule has 0 spiro atoms. The van der Waals surface area contributed by atoms with E-state index < -0.39 is 10.0 Å². The Morgan fingerprint density at radius 1 is 1.29 bits per heavy atom. The average molecular weight is 312 g/mol. The minimum Gasteiger partial charge on any atom is -0.352 e. The van der Waals surface area contributed by atoms with E-state index in [4.69, 9.17) is 0 Å². The Bertz CT molecular complexity index is 652. The van der Waals surface area contributed by atoms with Crippen LogP contribution in [0.4, 0.5) is 4.39 Å². The highest BCUT2D eigenvalue weighted by Crippen LogP contribution is 2.34. The van der Waals surface area contributed by atoms with Crippen LogP contribution in [0.3, 0.4) is 0 Å². The molecule has 2 aliphatic rings. The zero-order chi connectivity index (χ0) is 15.0. The average Bonchev–Trinajstić information content (AvgIpc) is 3.20. The molecule has 0 unspecified atom stereocenters. The Hall–Kier alpha value is -1.47. The number of carbonyl (C=O) groups excluding carboxylic acids is 1. The lowest BCUT2D eigenvalue weighted by molar-refractivity contribution is -0.128. The van der Waals surface area contributed by atoms with Crippen LogP contribution in [0.2, 0.25) is 0 Å². The van der Waals surface area contributed by atoms with Gasteiger partial charge in [-0.2, -0.15) is 4.31 Å². The first-order valence-corrected chi connectivity index (χ1v) is 8.49. The SMILES string of the molecule is O=C(NCc1ccccc1F)C1CN(S(=O)(=O)C2CC2)C1. The molecule has 1 saturated carbocycles. The van der Waals surface area contributed by atoms with Gasteiger partial charge in [-0.05, 0) is 18.9 Å². The van der Waals surface area contributed by atoms with Gasteiger partial charge in [0.1, 0.15) is 5.82 Å². The van der Waals surface area contributed by atoms with E-state index in [0.29, 0.717) is 5.56 Å². The number of sulfonamides is 1. The van der Waals surface area contributed by atoms with E-state index in [1.54, 1.807) is 18.2 Å². The van der Waals surface area contributed by atoms with Crippen molar-refractivity contribution in [2.75, 3.05) is 13.1 Å². The van der Waals surface area contributed by atoms with Gasteiger partial charge in [-0.25, -0.2) is 12.8 Å². The Morgan fingerprint density at radius 3 is 2.57 bits per heavy atom. The highest BCUT2D eigenvalue weighted by molar-refractivity contribution is 7.90. The number of carbonyl (C=O) groups is 1. The molecule has 1 N–H and O–H groups in total. The van der Waals surface area contributed by atoms with Crippen LogP contribution in [-0.4, -0.2) is 37.0 Å². The maximum absolute atomic E-state index is 13.4. The number of hydrogen-bond donors (Lipinski definition) is 1. The predicted molar refractivity (Wildman–Crippen MR) is 75.3 cm³/mol. The summed E-state index contributed by atoms with van der Waals surface area (Å²) in [7, 11) is -3.18. The monoisotopic (exact) mass is 312 g/mol. The van der Waals surface area contributed by atoms with Crippen molar-refractivity contribution in [2.24, 2.45) is 5.92 Å². The van der Waals surface area contributed by atoms with Gasteiger partial charge in [0.2, 0.25) is 15.9 Å². The molecule has 1 heterocycles. The molecule has 2 fully saturated rings. The Morgan fingerprint density at radius 2 is 1.95 bits per heavy atom. The lowest BCUT2D eigenvalue weighted by atomic mass is 10.0. The van der Waals surface area contributed by atoms with E-state index in [1.807, 2.05) is 0 Å². The lowest BCUT2D eigenvalue weighted by Gasteiger charge is -2.37. The summed E-state index contributed by atoms with van der Waals surface area (Å²) in [6.07, 6.45) is 1.45. The topological polar surface area (TPSA) is 66.5 Å². The van der Waals surface area contributed by atoms with Gasteiger partial charge in [-0.1, -0.05) is 18.2 Å². The van der Waals surface area contributed by atoms with E-state index >= 15 is 0 Å². The second-order valence-corrected chi connectivity index (χ2v) is 7.78. The van der Waals surface area contributed by atoms with Crippen LogP contribution in [0.25, 0.3) is 0 Å². The zero-order valence-corrected chi connectivity index (χ0v) is 12.3.